The van der Waals surface area contributed by atoms with Crippen LogP contribution in [0.2, 0.25) is 0 Å². The second-order valence-electron chi connectivity index (χ2n) is 31.3. The molecular formula is C100H128O8S4. The van der Waals surface area contributed by atoms with Crippen molar-refractivity contribution < 1.29 is 37.9 Å². The van der Waals surface area contributed by atoms with E-state index in [-0.39, 0.29) is 0 Å². The zero-order valence-corrected chi connectivity index (χ0v) is 72.3. The van der Waals surface area contributed by atoms with Gasteiger partial charge in [-0.05, 0) is 191 Å². The van der Waals surface area contributed by atoms with E-state index in [0.29, 0.717) is 52.9 Å². The molecule has 0 atom stereocenters. The number of thiophene rings is 4. The van der Waals surface area contributed by atoms with Gasteiger partial charge in [-0.2, -0.15) is 0 Å². The molecule has 0 fully saturated rings. The Morgan fingerprint density at radius 2 is 0.482 bits per heavy atom. The molecular weight excluding hydrogens is 1460 g/mol. The van der Waals surface area contributed by atoms with Gasteiger partial charge in [-0.15, -0.1) is 45.3 Å². The van der Waals surface area contributed by atoms with Crippen molar-refractivity contribution in [3.05, 3.63) is 189 Å². The molecule has 600 valence electrons. The van der Waals surface area contributed by atoms with Gasteiger partial charge in [0.25, 0.3) is 0 Å². The molecule has 0 aliphatic heterocycles. The molecule has 12 rings (SSSR count). The quantitative estimate of drug-likeness (QED) is 0.0349. The van der Waals surface area contributed by atoms with Gasteiger partial charge in [0.15, 0.2) is 0 Å². The number of benzene rings is 6. The van der Waals surface area contributed by atoms with Gasteiger partial charge in [0.2, 0.25) is 0 Å². The molecule has 12 heteroatoms. The molecule has 2 aliphatic carbocycles. The normalized spacial score (nSPS) is 13.0. The molecule has 0 saturated carbocycles. The maximum absolute atomic E-state index is 7.16. The third kappa shape index (κ3) is 20.3. The van der Waals surface area contributed by atoms with E-state index in [1.54, 1.807) is 22.7 Å². The highest BCUT2D eigenvalue weighted by Crippen LogP contribution is 2.70. The number of fused-ring (bicyclic) bond motifs is 9. The molecule has 0 unspecified atom stereocenters. The molecule has 10 aromatic rings. The van der Waals surface area contributed by atoms with Gasteiger partial charge in [0, 0.05) is 54.9 Å². The van der Waals surface area contributed by atoms with E-state index in [0.717, 1.165) is 222 Å². The predicted octanol–water partition coefficient (Wildman–Crippen LogP) is 30.8. The van der Waals surface area contributed by atoms with Crippen LogP contribution in [0.15, 0.2) is 144 Å². The molecule has 0 saturated heterocycles. The van der Waals surface area contributed by atoms with Crippen molar-refractivity contribution >= 4 is 54.7 Å². The minimum absolute atomic E-state index is 0.609. The average Bonchev–Trinajstić information content (AvgIpc) is 1.49. The van der Waals surface area contributed by atoms with Crippen LogP contribution in [0.3, 0.4) is 0 Å². The van der Waals surface area contributed by atoms with Crippen molar-refractivity contribution in [2.45, 2.75) is 272 Å². The van der Waals surface area contributed by atoms with Crippen molar-refractivity contribution in [3.8, 4) is 87.8 Å². The Morgan fingerprint density at radius 1 is 0.250 bits per heavy atom. The summed E-state index contributed by atoms with van der Waals surface area (Å²) < 4.78 is 59.8. The molecule has 0 radical (unpaired) electrons. The minimum Gasteiger partial charge on any atom is -0.493 e. The highest BCUT2D eigenvalue weighted by Gasteiger charge is 2.55. The summed E-state index contributed by atoms with van der Waals surface area (Å²) in [5.74, 6) is 6.54. The third-order valence-electron chi connectivity index (χ3n) is 22.6. The smallest absolute Gasteiger partial charge is 0.123 e. The Labute approximate surface area is 688 Å². The molecule has 8 nitrogen and oxygen atoms in total. The SMILES string of the molecule is CCCCCCOc1cc(OCCCCCC)cc(C2(c3cc(OCCCCCC)cc(OCCCCCC)c3)c3cc(-c4cccs4)ccc3-c3sc4c5c(sc4c32)-c2ccc(-c3cccs3)cc2C5(c2cc(OCCCCCC)cc(OCCCCCC)c2)c2cc(OCCCCCC)cc(OCCCCCC)c2)c1. The minimum atomic E-state index is -0.998. The number of unbranched alkanes of at least 4 members (excludes halogenated alkanes) is 24. The molecule has 0 amide bonds. The Bertz CT molecular complexity index is 3920. The van der Waals surface area contributed by atoms with Crippen LogP contribution in [0.1, 0.15) is 305 Å². The van der Waals surface area contributed by atoms with Crippen LogP contribution in [-0.2, 0) is 10.8 Å². The number of rotatable bonds is 54. The third-order valence-corrected chi connectivity index (χ3v) is 27.1. The molecule has 4 heterocycles. The summed E-state index contributed by atoms with van der Waals surface area (Å²) in [5, 5.41) is 4.42. The zero-order chi connectivity index (χ0) is 77.8. The fourth-order valence-electron chi connectivity index (χ4n) is 16.7. The lowest BCUT2D eigenvalue weighted by Crippen LogP contribution is -2.29. The molecule has 2 aliphatic rings. The van der Waals surface area contributed by atoms with Gasteiger partial charge >= 0.3 is 0 Å². The topological polar surface area (TPSA) is 73.8 Å². The van der Waals surface area contributed by atoms with Gasteiger partial charge < -0.3 is 37.9 Å². The molecule has 0 bridgehead atoms. The summed E-state index contributed by atoms with van der Waals surface area (Å²) in [5.41, 5.74) is 12.1. The first-order valence-electron chi connectivity index (χ1n) is 43.9. The number of ether oxygens (including phenoxy) is 8. The average molecular weight is 1590 g/mol. The molecule has 0 spiro atoms. The van der Waals surface area contributed by atoms with Crippen LogP contribution >= 0.6 is 45.3 Å². The Kier molecular flexibility index (Phi) is 32.7. The summed E-state index contributed by atoms with van der Waals surface area (Å²) in [6.07, 6.45) is 35.2. The van der Waals surface area contributed by atoms with Gasteiger partial charge in [-0.1, -0.05) is 246 Å². The van der Waals surface area contributed by atoms with E-state index in [1.165, 1.54) is 125 Å². The van der Waals surface area contributed by atoms with Crippen LogP contribution in [0, 0.1) is 0 Å². The molecule has 0 N–H and O–H groups in total. The molecule has 112 heavy (non-hydrogen) atoms. The number of hydrogen-bond donors (Lipinski definition) is 0. The lowest BCUT2D eigenvalue weighted by atomic mass is 9.66. The van der Waals surface area contributed by atoms with E-state index in [4.69, 9.17) is 37.9 Å². The predicted molar refractivity (Wildman–Crippen MR) is 478 cm³/mol. The van der Waals surface area contributed by atoms with Crippen molar-refractivity contribution in [2.75, 3.05) is 52.9 Å². The lowest BCUT2D eigenvalue weighted by Gasteiger charge is -2.35. The van der Waals surface area contributed by atoms with E-state index in [2.05, 4.69) is 200 Å². The molecule has 4 aromatic heterocycles. The first-order valence-corrected chi connectivity index (χ1v) is 47.3. The van der Waals surface area contributed by atoms with Crippen LogP contribution < -0.4 is 37.9 Å². The number of hydrogen-bond acceptors (Lipinski definition) is 12. The van der Waals surface area contributed by atoms with Crippen LogP contribution in [-0.4, -0.2) is 52.9 Å². The summed E-state index contributed by atoms with van der Waals surface area (Å²) in [6.45, 7) is 23.1. The van der Waals surface area contributed by atoms with Crippen LogP contribution in [0.5, 0.6) is 46.0 Å². The van der Waals surface area contributed by atoms with Crippen molar-refractivity contribution in [1.29, 1.82) is 0 Å². The van der Waals surface area contributed by atoms with Crippen molar-refractivity contribution in [3.63, 3.8) is 0 Å². The van der Waals surface area contributed by atoms with E-state index >= 15 is 0 Å². The van der Waals surface area contributed by atoms with Crippen molar-refractivity contribution in [1.82, 2.24) is 0 Å². The van der Waals surface area contributed by atoms with Gasteiger partial charge in [0.1, 0.15) is 46.0 Å². The van der Waals surface area contributed by atoms with Gasteiger partial charge in [-0.25, -0.2) is 0 Å². The maximum atomic E-state index is 7.16. The first kappa shape index (κ1) is 84.2. The first-order chi connectivity index (χ1) is 55.2. The molecule has 6 aromatic carbocycles. The monoisotopic (exact) mass is 1580 g/mol. The largest absolute Gasteiger partial charge is 0.493 e. The van der Waals surface area contributed by atoms with E-state index < -0.39 is 10.8 Å². The summed E-state index contributed by atoms with van der Waals surface area (Å²) >= 11 is 7.53. The van der Waals surface area contributed by atoms with Crippen molar-refractivity contribution in [2.24, 2.45) is 0 Å². The fourth-order valence-corrected chi connectivity index (χ4v) is 21.3. The Balaban J connectivity index is 1.22. The van der Waals surface area contributed by atoms with E-state index in [9.17, 15) is 0 Å². The zero-order valence-electron chi connectivity index (χ0n) is 69.0. The standard InChI is InChI=1S/C100H128O8S4/c1-9-17-25-33-49-101-79-61-75(62-80(69-79)102-50-34-26-18-10-2)99(76-63-81(103-51-35-27-19-11-3)70-82(64-76)104-52-36-28-20-12-4)89-59-73(91-43-41-57-109-91)45-47-87(89)95-93(99)97-98(111-95)94-96(112-97)88-48-46-74(92-44-42-58-110-92)60-90(88)100(94,77-65-83(105-53-37-29-21-13-5)71-84(66-77)106-54-38-30-22-14-6)78-67-85(107-55-39-31-23-15-7)72-86(68-78)108-56-40-32-24-16-8/h41-48,57-72H,9-40,49-56H2,1-8H3. The second-order valence-corrected chi connectivity index (χ2v) is 35.2. The summed E-state index contributed by atoms with van der Waals surface area (Å²) in [4.78, 5) is 4.96. The highest BCUT2D eigenvalue weighted by atomic mass is 32.1. The second kappa shape index (κ2) is 43.5. The Hall–Kier alpha value is -7.22. The van der Waals surface area contributed by atoms with Crippen LogP contribution in [0.4, 0.5) is 0 Å². The summed E-state index contributed by atoms with van der Waals surface area (Å²) in [7, 11) is 0. The summed E-state index contributed by atoms with van der Waals surface area (Å²) in [6, 6.07) is 51.5. The van der Waals surface area contributed by atoms with Crippen LogP contribution in [0.25, 0.3) is 51.2 Å². The highest BCUT2D eigenvalue weighted by molar-refractivity contribution is 7.32. The fraction of sp³-hybridized carbons (Fsp3) is 0.500. The van der Waals surface area contributed by atoms with Gasteiger partial charge in [0.05, 0.1) is 73.1 Å². The van der Waals surface area contributed by atoms with Gasteiger partial charge in [-0.3, -0.25) is 0 Å². The van der Waals surface area contributed by atoms with E-state index in [1.807, 2.05) is 22.7 Å². The maximum Gasteiger partial charge on any atom is 0.123 e. The Morgan fingerprint density at radius 3 is 0.688 bits per heavy atom. The lowest BCUT2D eigenvalue weighted by molar-refractivity contribution is 0.288.